The minimum absolute atomic E-state index is 0.436. The first-order valence-corrected chi connectivity index (χ1v) is 7.93. The number of H-pyrrole nitrogens is 1. The fourth-order valence-corrected chi connectivity index (χ4v) is 3.47. The number of nitrogens with one attached hydrogen (secondary N) is 1. The highest BCUT2D eigenvalue weighted by Gasteiger charge is 2.35. The molecule has 1 aliphatic heterocycles. The SMILES string of the molecule is Cc1cc(C)nc(N2Cc3[nH]c4ccccc4c3CC2C(=O)O)n1. The third kappa shape index (κ3) is 2.31. The lowest BCUT2D eigenvalue weighted by molar-refractivity contribution is -0.138. The number of hydrogen-bond acceptors (Lipinski definition) is 4. The number of anilines is 1. The first kappa shape index (κ1) is 14.7. The molecule has 0 radical (unpaired) electrons. The molecule has 122 valence electrons. The van der Waals surface area contributed by atoms with Crippen LogP contribution in [0, 0.1) is 13.8 Å². The number of aromatic nitrogens is 3. The summed E-state index contributed by atoms with van der Waals surface area (Å²) in [6.07, 6.45) is 0.436. The van der Waals surface area contributed by atoms with E-state index < -0.39 is 12.0 Å². The Morgan fingerprint density at radius 1 is 1.25 bits per heavy atom. The van der Waals surface area contributed by atoms with E-state index in [1.165, 1.54) is 0 Å². The number of hydrogen-bond donors (Lipinski definition) is 2. The molecule has 2 N–H and O–H groups in total. The first-order chi connectivity index (χ1) is 11.5. The quantitative estimate of drug-likeness (QED) is 0.758. The molecular weight excluding hydrogens is 304 g/mol. The maximum absolute atomic E-state index is 11.9. The Labute approximate surface area is 139 Å². The second kappa shape index (κ2) is 5.33. The lowest BCUT2D eigenvalue weighted by Gasteiger charge is -2.33. The average Bonchev–Trinajstić information content (AvgIpc) is 2.90. The number of nitrogens with zero attached hydrogens (tertiary/aromatic N) is 3. The molecule has 24 heavy (non-hydrogen) atoms. The molecular formula is C18H18N4O2. The van der Waals surface area contributed by atoms with Crippen molar-refractivity contribution in [3.63, 3.8) is 0 Å². The number of aliphatic carboxylic acids is 1. The number of aromatic amines is 1. The maximum Gasteiger partial charge on any atom is 0.326 e. The number of fused-ring (bicyclic) bond motifs is 3. The molecule has 6 nitrogen and oxygen atoms in total. The van der Waals surface area contributed by atoms with E-state index in [1.54, 1.807) is 4.90 Å². The summed E-state index contributed by atoms with van der Waals surface area (Å²) >= 11 is 0. The molecule has 1 unspecified atom stereocenters. The molecule has 3 heterocycles. The van der Waals surface area contributed by atoms with Crippen LogP contribution in [0.2, 0.25) is 0 Å². The van der Waals surface area contributed by atoms with Crippen LogP contribution in [0.4, 0.5) is 5.95 Å². The van der Waals surface area contributed by atoms with Crippen LogP contribution in [0.3, 0.4) is 0 Å². The summed E-state index contributed by atoms with van der Waals surface area (Å²) in [4.78, 5) is 26.0. The summed E-state index contributed by atoms with van der Waals surface area (Å²) in [5, 5.41) is 10.8. The monoisotopic (exact) mass is 322 g/mol. The van der Waals surface area contributed by atoms with Crippen molar-refractivity contribution in [2.45, 2.75) is 32.9 Å². The van der Waals surface area contributed by atoms with Crippen molar-refractivity contribution in [2.75, 3.05) is 4.90 Å². The largest absolute Gasteiger partial charge is 0.480 e. The van der Waals surface area contributed by atoms with Crippen molar-refractivity contribution in [1.29, 1.82) is 0 Å². The van der Waals surface area contributed by atoms with Gasteiger partial charge >= 0.3 is 5.97 Å². The standard InChI is InChI=1S/C18H18N4O2/c1-10-7-11(2)20-18(19-10)22-9-15-13(8-16(22)17(23)24)12-5-3-4-6-14(12)21-15/h3-7,16,21H,8-9H2,1-2H3,(H,23,24). The number of benzene rings is 1. The van der Waals surface area contributed by atoms with Gasteiger partial charge in [0.25, 0.3) is 0 Å². The number of carboxylic acid groups (broad SMARTS) is 1. The van der Waals surface area contributed by atoms with Crippen molar-refractivity contribution < 1.29 is 9.90 Å². The molecule has 0 spiro atoms. The molecule has 1 aliphatic rings. The molecule has 0 amide bonds. The third-order valence-corrected chi connectivity index (χ3v) is 4.52. The van der Waals surface area contributed by atoms with E-state index in [0.717, 1.165) is 33.5 Å². The molecule has 2 aromatic heterocycles. The van der Waals surface area contributed by atoms with Gasteiger partial charge in [-0.3, -0.25) is 0 Å². The predicted molar refractivity (Wildman–Crippen MR) is 91.1 cm³/mol. The van der Waals surface area contributed by atoms with Crippen LogP contribution < -0.4 is 4.90 Å². The minimum Gasteiger partial charge on any atom is -0.480 e. The first-order valence-electron chi connectivity index (χ1n) is 7.93. The highest BCUT2D eigenvalue weighted by molar-refractivity contribution is 5.87. The zero-order chi connectivity index (χ0) is 16.8. The van der Waals surface area contributed by atoms with E-state index in [4.69, 9.17) is 0 Å². The smallest absolute Gasteiger partial charge is 0.326 e. The summed E-state index contributed by atoms with van der Waals surface area (Å²) in [5.74, 6) is -0.377. The van der Waals surface area contributed by atoms with Gasteiger partial charge in [0, 0.05) is 34.4 Å². The van der Waals surface area contributed by atoms with Gasteiger partial charge in [-0.2, -0.15) is 0 Å². The average molecular weight is 322 g/mol. The Hall–Kier alpha value is -2.89. The molecule has 6 heteroatoms. The van der Waals surface area contributed by atoms with Crippen molar-refractivity contribution in [3.8, 4) is 0 Å². The Balaban J connectivity index is 1.84. The van der Waals surface area contributed by atoms with E-state index in [0.29, 0.717) is 18.9 Å². The van der Waals surface area contributed by atoms with Gasteiger partial charge in [-0.25, -0.2) is 14.8 Å². The molecule has 1 atom stereocenters. The minimum atomic E-state index is -0.853. The summed E-state index contributed by atoms with van der Waals surface area (Å²) in [6.45, 7) is 4.25. The number of aryl methyl sites for hydroxylation is 2. The van der Waals surface area contributed by atoms with Crippen LogP contribution in [0.25, 0.3) is 10.9 Å². The maximum atomic E-state index is 11.9. The second-order valence-corrected chi connectivity index (χ2v) is 6.26. The van der Waals surface area contributed by atoms with E-state index in [-0.39, 0.29) is 0 Å². The zero-order valence-corrected chi connectivity index (χ0v) is 13.6. The van der Waals surface area contributed by atoms with E-state index >= 15 is 0 Å². The van der Waals surface area contributed by atoms with Gasteiger partial charge in [0.05, 0.1) is 6.54 Å². The Kier molecular flexibility index (Phi) is 3.26. The fraction of sp³-hybridized carbons (Fsp3) is 0.278. The van der Waals surface area contributed by atoms with Gasteiger partial charge in [-0.1, -0.05) is 18.2 Å². The van der Waals surface area contributed by atoms with Gasteiger partial charge in [0.1, 0.15) is 6.04 Å². The number of para-hydroxylation sites is 1. The third-order valence-electron chi connectivity index (χ3n) is 4.52. The van der Waals surface area contributed by atoms with Gasteiger partial charge in [0.2, 0.25) is 5.95 Å². The zero-order valence-electron chi connectivity index (χ0n) is 13.6. The van der Waals surface area contributed by atoms with Crippen LogP contribution in [0.5, 0.6) is 0 Å². The van der Waals surface area contributed by atoms with Crippen molar-refractivity contribution in [1.82, 2.24) is 15.0 Å². The highest BCUT2D eigenvalue weighted by atomic mass is 16.4. The van der Waals surface area contributed by atoms with E-state index in [9.17, 15) is 9.90 Å². The van der Waals surface area contributed by atoms with Gasteiger partial charge in [-0.15, -0.1) is 0 Å². The Bertz CT molecular complexity index is 927. The Morgan fingerprint density at radius 2 is 1.96 bits per heavy atom. The normalized spacial score (nSPS) is 17.1. The van der Waals surface area contributed by atoms with Crippen molar-refractivity contribution in [2.24, 2.45) is 0 Å². The van der Waals surface area contributed by atoms with Crippen molar-refractivity contribution in [3.05, 3.63) is 53.0 Å². The number of carbonyl (C=O) groups is 1. The van der Waals surface area contributed by atoms with Crippen LogP contribution >= 0.6 is 0 Å². The topological polar surface area (TPSA) is 82.1 Å². The fourth-order valence-electron chi connectivity index (χ4n) is 3.47. The summed E-state index contributed by atoms with van der Waals surface area (Å²) in [6, 6.07) is 9.22. The second-order valence-electron chi connectivity index (χ2n) is 6.26. The van der Waals surface area contributed by atoms with E-state index in [2.05, 4.69) is 15.0 Å². The summed E-state index contributed by atoms with van der Waals surface area (Å²) < 4.78 is 0. The van der Waals surface area contributed by atoms with Crippen LogP contribution in [0.1, 0.15) is 22.6 Å². The number of carboxylic acids is 1. The van der Waals surface area contributed by atoms with Gasteiger partial charge in [0.15, 0.2) is 0 Å². The van der Waals surface area contributed by atoms with Crippen LogP contribution in [-0.2, 0) is 17.8 Å². The molecule has 3 aromatic rings. The summed E-state index contributed by atoms with van der Waals surface area (Å²) in [7, 11) is 0. The molecule has 0 fully saturated rings. The van der Waals surface area contributed by atoms with E-state index in [1.807, 2.05) is 44.2 Å². The molecule has 0 saturated carbocycles. The van der Waals surface area contributed by atoms with Crippen LogP contribution in [-0.4, -0.2) is 32.1 Å². The van der Waals surface area contributed by atoms with Gasteiger partial charge in [-0.05, 0) is 31.5 Å². The lowest BCUT2D eigenvalue weighted by atomic mass is 9.97. The highest BCUT2D eigenvalue weighted by Crippen LogP contribution is 2.32. The predicted octanol–water partition coefficient (Wildman–Crippen LogP) is 2.59. The Morgan fingerprint density at radius 3 is 2.67 bits per heavy atom. The van der Waals surface area contributed by atoms with Crippen LogP contribution in [0.15, 0.2) is 30.3 Å². The molecule has 4 rings (SSSR count). The lowest BCUT2D eigenvalue weighted by Crippen LogP contribution is -2.46. The number of rotatable bonds is 2. The molecule has 0 aliphatic carbocycles. The van der Waals surface area contributed by atoms with Gasteiger partial charge < -0.3 is 15.0 Å². The summed E-state index contributed by atoms with van der Waals surface area (Å²) in [5.41, 5.74) is 4.83. The molecule has 0 bridgehead atoms. The molecule has 1 aromatic carbocycles. The van der Waals surface area contributed by atoms with Crippen molar-refractivity contribution >= 4 is 22.8 Å². The molecule has 0 saturated heterocycles.